The summed E-state index contributed by atoms with van der Waals surface area (Å²) in [6.07, 6.45) is 3.50. The number of benzene rings is 1. The van der Waals surface area contributed by atoms with Crippen LogP contribution >= 0.6 is 11.6 Å². The predicted octanol–water partition coefficient (Wildman–Crippen LogP) is 2.76. The highest BCUT2D eigenvalue weighted by atomic mass is 35.5. The highest BCUT2D eigenvalue weighted by Gasteiger charge is 2.25. The molecule has 1 aromatic heterocycles. The average molecular weight is 306 g/mol. The molecule has 5 heteroatoms. The molecule has 2 aromatic rings. The number of rotatable bonds is 4. The van der Waals surface area contributed by atoms with E-state index in [0.717, 1.165) is 42.5 Å². The van der Waals surface area contributed by atoms with Crippen molar-refractivity contribution in [2.45, 2.75) is 6.04 Å². The molecular weight excluding hydrogens is 286 g/mol. The lowest BCUT2D eigenvalue weighted by Gasteiger charge is -2.39. The summed E-state index contributed by atoms with van der Waals surface area (Å²) in [5.74, 6) is 0. The van der Waals surface area contributed by atoms with Gasteiger partial charge in [0.15, 0.2) is 0 Å². The molecule has 1 aliphatic heterocycles. The normalized spacial score (nSPS) is 17.9. The van der Waals surface area contributed by atoms with Crippen molar-refractivity contribution in [3.05, 3.63) is 53.4 Å². The van der Waals surface area contributed by atoms with Gasteiger partial charge >= 0.3 is 0 Å². The SMILES string of the molecule is NCC(c1ccoc1)N1CCN(c2ccccc2Cl)CC1. The Balaban J connectivity index is 1.66. The van der Waals surface area contributed by atoms with E-state index in [-0.39, 0.29) is 6.04 Å². The van der Waals surface area contributed by atoms with E-state index in [9.17, 15) is 0 Å². The number of hydrogen-bond donors (Lipinski definition) is 1. The van der Waals surface area contributed by atoms with Crippen molar-refractivity contribution >= 4 is 17.3 Å². The minimum Gasteiger partial charge on any atom is -0.472 e. The highest BCUT2D eigenvalue weighted by Crippen LogP contribution is 2.28. The van der Waals surface area contributed by atoms with Crippen LogP contribution in [0.15, 0.2) is 47.3 Å². The van der Waals surface area contributed by atoms with Crippen LogP contribution in [0, 0.1) is 0 Å². The topological polar surface area (TPSA) is 45.6 Å². The molecule has 0 saturated carbocycles. The van der Waals surface area contributed by atoms with Gasteiger partial charge in [0.2, 0.25) is 0 Å². The van der Waals surface area contributed by atoms with E-state index in [4.69, 9.17) is 21.8 Å². The van der Waals surface area contributed by atoms with Gasteiger partial charge in [-0.2, -0.15) is 0 Å². The third kappa shape index (κ3) is 3.07. The Morgan fingerprint density at radius 3 is 2.52 bits per heavy atom. The van der Waals surface area contributed by atoms with E-state index in [1.165, 1.54) is 0 Å². The maximum absolute atomic E-state index is 6.28. The molecule has 1 saturated heterocycles. The highest BCUT2D eigenvalue weighted by molar-refractivity contribution is 6.33. The van der Waals surface area contributed by atoms with Gasteiger partial charge in [-0.15, -0.1) is 0 Å². The first-order valence-corrected chi connectivity index (χ1v) is 7.63. The van der Waals surface area contributed by atoms with Gasteiger partial charge in [-0.3, -0.25) is 4.90 Å². The van der Waals surface area contributed by atoms with Gasteiger partial charge in [0.05, 0.1) is 29.3 Å². The van der Waals surface area contributed by atoms with Crippen molar-refractivity contribution in [3.8, 4) is 0 Å². The summed E-state index contributed by atoms with van der Waals surface area (Å²) >= 11 is 6.28. The lowest BCUT2D eigenvalue weighted by atomic mass is 10.1. The molecule has 1 fully saturated rings. The Morgan fingerprint density at radius 2 is 1.90 bits per heavy atom. The number of halogens is 1. The van der Waals surface area contributed by atoms with Crippen molar-refractivity contribution < 1.29 is 4.42 Å². The molecule has 0 aliphatic carbocycles. The molecule has 21 heavy (non-hydrogen) atoms. The van der Waals surface area contributed by atoms with Crippen LogP contribution in [0.2, 0.25) is 5.02 Å². The summed E-state index contributed by atoms with van der Waals surface area (Å²) in [5, 5.41) is 0.816. The van der Waals surface area contributed by atoms with E-state index in [0.29, 0.717) is 6.54 Å². The van der Waals surface area contributed by atoms with Crippen LogP contribution in [-0.4, -0.2) is 37.6 Å². The van der Waals surface area contributed by atoms with Gasteiger partial charge in [0, 0.05) is 38.3 Å². The molecule has 4 nitrogen and oxygen atoms in total. The number of anilines is 1. The molecule has 0 radical (unpaired) electrons. The van der Waals surface area contributed by atoms with Crippen LogP contribution in [0.5, 0.6) is 0 Å². The Bertz CT molecular complexity index is 565. The Morgan fingerprint density at radius 1 is 1.14 bits per heavy atom. The van der Waals surface area contributed by atoms with Gasteiger partial charge < -0.3 is 15.1 Å². The van der Waals surface area contributed by atoms with Crippen LogP contribution in [-0.2, 0) is 0 Å². The fourth-order valence-electron chi connectivity index (χ4n) is 2.94. The van der Waals surface area contributed by atoms with Crippen LogP contribution < -0.4 is 10.6 Å². The summed E-state index contributed by atoms with van der Waals surface area (Å²) in [4.78, 5) is 4.75. The summed E-state index contributed by atoms with van der Waals surface area (Å²) < 4.78 is 5.18. The van der Waals surface area contributed by atoms with Crippen molar-refractivity contribution in [1.29, 1.82) is 0 Å². The van der Waals surface area contributed by atoms with E-state index >= 15 is 0 Å². The summed E-state index contributed by atoms with van der Waals surface area (Å²) in [6, 6.07) is 10.2. The zero-order valence-corrected chi connectivity index (χ0v) is 12.7. The second-order valence-corrected chi connectivity index (χ2v) is 5.69. The third-order valence-corrected chi connectivity index (χ3v) is 4.42. The maximum atomic E-state index is 6.28. The number of hydrogen-bond acceptors (Lipinski definition) is 4. The monoisotopic (exact) mass is 305 g/mol. The molecule has 0 spiro atoms. The zero-order valence-electron chi connectivity index (χ0n) is 11.9. The number of para-hydroxylation sites is 1. The zero-order chi connectivity index (χ0) is 14.7. The van der Waals surface area contributed by atoms with E-state index in [2.05, 4.69) is 15.9 Å². The molecule has 1 aliphatic rings. The fourth-order valence-corrected chi connectivity index (χ4v) is 3.20. The van der Waals surface area contributed by atoms with E-state index < -0.39 is 0 Å². The summed E-state index contributed by atoms with van der Waals surface area (Å²) in [5.41, 5.74) is 8.22. The molecule has 112 valence electrons. The van der Waals surface area contributed by atoms with Crippen molar-refractivity contribution in [2.75, 3.05) is 37.6 Å². The first kappa shape index (κ1) is 14.4. The van der Waals surface area contributed by atoms with Crippen LogP contribution in [0.25, 0.3) is 0 Å². The van der Waals surface area contributed by atoms with Crippen molar-refractivity contribution in [1.82, 2.24) is 4.90 Å². The Labute approximate surface area is 130 Å². The molecule has 1 aromatic carbocycles. The lowest BCUT2D eigenvalue weighted by Crippen LogP contribution is -2.49. The summed E-state index contributed by atoms with van der Waals surface area (Å²) in [7, 11) is 0. The smallest absolute Gasteiger partial charge is 0.0950 e. The average Bonchev–Trinajstić information content (AvgIpc) is 3.04. The Kier molecular flexibility index (Phi) is 4.48. The molecule has 3 rings (SSSR count). The molecule has 2 heterocycles. The second kappa shape index (κ2) is 6.52. The number of nitrogens with zero attached hydrogens (tertiary/aromatic N) is 2. The molecular formula is C16H20ClN3O. The largest absolute Gasteiger partial charge is 0.472 e. The molecule has 1 atom stereocenters. The maximum Gasteiger partial charge on any atom is 0.0950 e. The molecule has 0 amide bonds. The standard InChI is InChI=1S/C16H20ClN3O/c17-14-3-1-2-4-15(14)19-6-8-20(9-7-19)16(11-18)13-5-10-21-12-13/h1-5,10,12,16H,6-9,11,18H2. The first-order valence-electron chi connectivity index (χ1n) is 7.25. The lowest BCUT2D eigenvalue weighted by molar-refractivity contribution is 0.189. The van der Waals surface area contributed by atoms with Gasteiger partial charge in [-0.25, -0.2) is 0 Å². The van der Waals surface area contributed by atoms with Crippen LogP contribution in [0.1, 0.15) is 11.6 Å². The number of piperazine rings is 1. The van der Waals surface area contributed by atoms with Crippen LogP contribution in [0.4, 0.5) is 5.69 Å². The number of nitrogens with two attached hydrogens (primary N) is 1. The minimum absolute atomic E-state index is 0.233. The van der Waals surface area contributed by atoms with E-state index in [1.54, 1.807) is 12.5 Å². The van der Waals surface area contributed by atoms with E-state index in [1.807, 2.05) is 24.3 Å². The van der Waals surface area contributed by atoms with Gasteiger partial charge in [-0.1, -0.05) is 23.7 Å². The Hall–Kier alpha value is -1.49. The second-order valence-electron chi connectivity index (χ2n) is 5.28. The third-order valence-electron chi connectivity index (χ3n) is 4.10. The van der Waals surface area contributed by atoms with Crippen molar-refractivity contribution in [2.24, 2.45) is 5.73 Å². The predicted molar refractivity (Wildman–Crippen MR) is 85.7 cm³/mol. The first-order chi connectivity index (χ1) is 10.3. The fraction of sp³-hybridized carbons (Fsp3) is 0.375. The minimum atomic E-state index is 0.233. The quantitative estimate of drug-likeness (QED) is 0.943. The number of furan rings is 1. The summed E-state index contributed by atoms with van der Waals surface area (Å²) in [6.45, 7) is 4.46. The van der Waals surface area contributed by atoms with Gasteiger partial charge in [-0.05, 0) is 18.2 Å². The molecule has 0 bridgehead atoms. The van der Waals surface area contributed by atoms with Crippen molar-refractivity contribution in [3.63, 3.8) is 0 Å². The molecule has 2 N–H and O–H groups in total. The molecule has 1 unspecified atom stereocenters. The van der Waals surface area contributed by atoms with Crippen LogP contribution in [0.3, 0.4) is 0 Å². The van der Waals surface area contributed by atoms with Gasteiger partial charge in [0.1, 0.15) is 0 Å². The van der Waals surface area contributed by atoms with Gasteiger partial charge in [0.25, 0.3) is 0 Å².